The molecule has 2 aromatic carbocycles. The van der Waals surface area contributed by atoms with Gasteiger partial charge in [0.2, 0.25) is 0 Å². The third-order valence-electron chi connectivity index (χ3n) is 4.84. The quantitative estimate of drug-likeness (QED) is 0.760. The number of likely N-dealkylation sites (N-methyl/N-ethyl adjacent to an activating group) is 1. The molecule has 5 nitrogen and oxygen atoms in total. The summed E-state index contributed by atoms with van der Waals surface area (Å²) in [6.07, 6.45) is -1.02. The van der Waals surface area contributed by atoms with Crippen LogP contribution in [-0.4, -0.2) is 53.1 Å². The molecule has 3 rings (SSSR count). The summed E-state index contributed by atoms with van der Waals surface area (Å²) in [7, 11) is 1.68. The first-order chi connectivity index (χ1) is 12.8. The van der Waals surface area contributed by atoms with Crippen molar-refractivity contribution in [3.05, 3.63) is 68.7 Å². The highest BCUT2D eigenvalue weighted by atomic mass is 35.5. The van der Waals surface area contributed by atoms with Crippen LogP contribution in [0, 0.1) is 0 Å². The zero-order valence-corrected chi connectivity index (χ0v) is 16.7. The van der Waals surface area contributed by atoms with Gasteiger partial charge in [-0.05, 0) is 42.0 Å². The molecule has 2 atom stereocenters. The lowest BCUT2D eigenvalue weighted by atomic mass is 9.93. The largest absolute Gasteiger partial charge is 0.465 e. The molecule has 1 aliphatic rings. The summed E-state index contributed by atoms with van der Waals surface area (Å²) in [5, 5.41) is 10.8. The molecule has 1 saturated heterocycles. The Hall–Kier alpha value is -1.95. The lowest BCUT2D eigenvalue weighted by Crippen LogP contribution is -2.42. The van der Waals surface area contributed by atoms with Gasteiger partial charge in [0, 0.05) is 36.6 Å². The standard InChI is InChI=1S/C19H17Cl3N2O3/c1-23(18(25)11-2-5-13(20)6-3-11)17-10-24(19(26)27)9-14(17)12-4-7-15(21)16(22)8-12/h2-8,14,17H,9-10H2,1H3,(H,26,27)/t14-,17+/m0/s1. The average molecular weight is 428 g/mol. The van der Waals surface area contributed by atoms with Crippen LogP contribution in [-0.2, 0) is 0 Å². The van der Waals surface area contributed by atoms with E-state index in [1.165, 1.54) is 4.90 Å². The van der Waals surface area contributed by atoms with Crippen molar-refractivity contribution in [1.29, 1.82) is 0 Å². The van der Waals surface area contributed by atoms with Crippen molar-refractivity contribution in [3.8, 4) is 0 Å². The van der Waals surface area contributed by atoms with Crippen molar-refractivity contribution in [1.82, 2.24) is 9.80 Å². The molecule has 27 heavy (non-hydrogen) atoms. The number of benzene rings is 2. The number of hydrogen-bond acceptors (Lipinski definition) is 2. The summed E-state index contributed by atoms with van der Waals surface area (Å²) in [6, 6.07) is 11.5. The summed E-state index contributed by atoms with van der Waals surface area (Å²) in [5.41, 5.74) is 1.33. The van der Waals surface area contributed by atoms with Crippen LogP contribution in [0.1, 0.15) is 21.8 Å². The van der Waals surface area contributed by atoms with E-state index in [1.54, 1.807) is 48.3 Å². The molecule has 2 amide bonds. The summed E-state index contributed by atoms with van der Waals surface area (Å²) in [5.74, 6) is -0.411. The number of hydrogen-bond donors (Lipinski definition) is 1. The Morgan fingerprint density at radius 1 is 1.04 bits per heavy atom. The first kappa shape index (κ1) is 19.8. The molecule has 0 bridgehead atoms. The highest BCUT2D eigenvalue weighted by Gasteiger charge is 2.40. The summed E-state index contributed by atoms with van der Waals surface area (Å²) in [6.45, 7) is 0.492. The lowest BCUT2D eigenvalue weighted by Gasteiger charge is -2.29. The van der Waals surface area contributed by atoms with Gasteiger partial charge in [-0.15, -0.1) is 0 Å². The van der Waals surface area contributed by atoms with Gasteiger partial charge >= 0.3 is 6.09 Å². The fourth-order valence-electron chi connectivity index (χ4n) is 3.35. The zero-order chi connectivity index (χ0) is 19.7. The highest BCUT2D eigenvalue weighted by molar-refractivity contribution is 6.42. The van der Waals surface area contributed by atoms with Crippen LogP contribution in [0.4, 0.5) is 4.79 Å². The number of amides is 2. The summed E-state index contributed by atoms with van der Waals surface area (Å²) >= 11 is 18.0. The van der Waals surface area contributed by atoms with E-state index in [2.05, 4.69) is 0 Å². The Morgan fingerprint density at radius 2 is 1.70 bits per heavy atom. The second-order valence-electron chi connectivity index (χ2n) is 6.46. The summed E-state index contributed by atoms with van der Waals surface area (Å²) in [4.78, 5) is 27.3. The number of carbonyl (C=O) groups excluding carboxylic acids is 1. The molecule has 0 aliphatic carbocycles. The zero-order valence-electron chi connectivity index (χ0n) is 14.4. The first-order valence-corrected chi connectivity index (χ1v) is 9.37. The number of carbonyl (C=O) groups is 2. The second kappa shape index (κ2) is 7.97. The molecule has 0 saturated carbocycles. The van der Waals surface area contributed by atoms with Crippen molar-refractivity contribution in [2.75, 3.05) is 20.1 Å². The average Bonchev–Trinajstić information content (AvgIpc) is 3.09. The van der Waals surface area contributed by atoms with Crippen LogP contribution in [0.5, 0.6) is 0 Å². The maximum atomic E-state index is 12.9. The van der Waals surface area contributed by atoms with Crippen molar-refractivity contribution in [2.24, 2.45) is 0 Å². The monoisotopic (exact) mass is 426 g/mol. The van der Waals surface area contributed by atoms with Gasteiger partial charge in [-0.2, -0.15) is 0 Å². The maximum absolute atomic E-state index is 12.9. The predicted octanol–water partition coefficient (Wildman–Crippen LogP) is 4.86. The third-order valence-corrected chi connectivity index (χ3v) is 5.83. The van der Waals surface area contributed by atoms with E-state index >= 15 is 0 Å². The van der Waals surface area contributed by atoms with Gasteiger partial charge in [0.1, 0.15) is 0 Å². The number of likely N-dealkylation sites (tertiary alicyclic amines) is 1. The van der Waals surface area contributed by atoms with Gasteiger partial charge in [-0.3, -0.25) is 4.79 Å². The van der Waals surface area contributed by atoms with Crippen LogP contribution in [0.15, 0.2) is 42.5 Å². The Balaban J connectivity index is 1.91. The van der Waals surface area contributed by atoms with Gasteiger partial charge in [-0.25, -0.2) is 4.79 Å². The van der Waals surface area contributed by atoms with E-state index in [4.69, 9.17) is 34.8 Å². The minimum absolute atomic E-state index is 0.200. The number of halogens is 3. The number of rotatable bonds is 3. The highest BCUT2D eigenvalue weighted by Crippen LogP contribution is 2.34. The van der Waals surface area contributed by atoms with Crippen molar-refractivity contribution < 1.29 is 14.7 Å². The molecular weight excluding hydrogens is 411 g/mol. The fourth-order valence-corrected chi connectivity index (χ4v) is 3.79. The van der Waals surface area contributed by atoms with Crippen molar-refractivity contribution in [3.63, 3.8) is 0 Å². The molecule has 8 heteroatoms. The molecule has 1 heterocycles. The minimum atomic E-state index is -1.02. The summed E-state index contributed by atoms with van der Waals surface area (Å²) < 4.78 is 0. The van der Waals surface area contributed by atoms with Crippen molar-refractivity contribution >= 4 is 46.8 Å². The van der Waals surface area contributed by atoms with E-state index in [9.17, 15) is 14.7 Å². The van der Waals surface area contributed by atoms with E-state index in [0.717, 1.165) is 5.56 Å². The Kier molecular flexibility index (Phi) is 5.84. The van der Waals surface area contributed by atoms with E-state index in [-0.39, 0.29) is 31.0 Å². The van der Waals surface area contributed by atoms with Gasteiger partial charge in [-0.1, -0.05) is 40.9 Å². The molecule has 2 aromatic rings. The fraction of sp³-hybridized carbons (Fsp3) is 0.263. The molecule has 142 valence electrons. The molecule has 0 spiro atoms. The Morgan fingerprint density at radius 3 is 2.30 bits per heavy atom. The van der Waals surface area contributed by atoms with Crippen LogP contribution < -0.4 is 0 Å². The van der Waals surface area contributed by atoms with E-state index in [1.807, 2.05) is 6.07 Å². The predicted molar refractivity (Wildman–Crippen MR) is 106 cm³/mol. The molecule has 0 aromatic heterocycles. The van der Waals surface area contributed by atoms with Crippen molar-refractivity contribution in [2.45, 2.75) is 12.0 Å². The molecule has 1 N–H and O–H groups in total. The molecular formula is C19H17Cl3N2O3. The molecule has 1 fully saturated rings. The van der Waals surface area contributed by atoms with Crippen LogP contribution >= 0.6 is 34.8 Å². The smallest absolute Gasteiger partial charge is 0.407 e. The SMILES string of the molecule is CN(C(=O)c1ccc(Cl)cc1)[C@@H]1CN(C(=O)O)C[C@H]1c1ccc(Cl)c(Cl)c1. The third kappa shape index (κ3) is 4.15. The van der Waals surface area contributed by atoms with Gasteiger partial charge in [0.15, 0.2) is 0 Å². The Bertz CT molecular complexity index is 873. The van der Waals surface area contributed by atoms with Crippen LogP contribution in [0.3, 0.4) is 0 Å². The van der Waals surface area contributed by atoms with Gasteiger partial charge < -0.3 is 14.9 Å². The van der Waals surface area contributed by atoms with E-state index in [0.29, 0.717) is 20.6 Å². The number of nitrogens with zero attached hydrogens (tertiary/aromatic N) is 2. The molecule has 0 radical (unpaired) electrons. The maximum Gasteiger partial charge on any atom is 0.407 e. The first-order valence-electron chi connectivity index (χ1n) is 8.23. The second-order valence-corrected chi connectivity index (χ2v) is 7.71. The molecule has 1 aliphatic heterocycles. The Labute approximate surface area is 172 Å². The number of carboxylic acid groups (broad SMARTS) is 1. The normalized spacial score (nSPS) is 19.2. The minimum Gasteiger partial charge on any atom is -0.465 e. The molecule has 0 unspecified atom stereocenters. The topological polar surface area (TPSA) is 60.9 Å². The van der Waals surface area contributed by atoms with Crippen LogP contribution in [0.2, 0.25) is 15.1 Å². The van der Waals surface area contributed by atoms with Gasteiger partial charge in [0.25, 0.3) is 5.91 Å². The van der Waals surface area contributed by atoms with Gasteiger partial charge in [0.05, 0.1) is 16.1 Å². The van der Waals surface area contributed by atoms with E-state index < -0.39 is 6.09 Å². The van der Waals surface area contributed by atoms with Crippen LogP contribution in [0.25, 0.3) is 0 Å². The lowest BCUT2D eigenvalue weighted by molar-refractivity contribution is 0.0722.